The van der Waals surface area contributed by atoms with Gasteiger partial charge in [0.1, 0.15) is 0 Å². The van der Waals surface area contributed by atoms with Gasteiger partial charge in [0.25, 0.3) is 0 Å². The number of nitrogens with zero attached hydrogens (tertiary/aromatic N) is 1. The predicted molar refractivity (Wildman–Crippen MR) is 56.3 cm³/mol. The van der Waals surface area contributed by atoms with Crippen molar-refractivity contribution in [3.05, 3.63) is 0 Å². The summed E-state index contributed by atoms with van der Waals surface area (Å²) in [5.74, 6) is -0.289. The van der Waals surface area contributed by atoms with E-state index in [-0.39, 0.29) is 0 Å². The van der Waals surface area contributed by atoms with E-state index in [1.807, 2.05) is 0 Å². The maximum Gasteiger partial charge on any atom is 0.303 e. The fraction of sp³-hybridized carbons (Fsp3) is 0.909. The molecule has 0 aromatic rings. The second-order valence-corrected chi connectivity index (χ2v) is 5.55. The van der Waals surface area contributed by atoms with Gasteiger partial charge in [-0.3, -0.25) is 4.79 Å². The average molecular weight is 199 g/mol. The summed E-state index contributed by atoms with van der Waals surface area (Å²) < 4.78 is 0. The lowest BCUT2D eigenvalue weighted by molar-refractivity contribution is -0.138. The van der Waals surface area contributed by atoms with Crippen LogP contribution in [0.2, 0.25) is 0 Å². The Kier molecular flexibility index (Phi) is 3.53. The normalized spacial score (nSPS) is 24.1. The van der Waals surface area contributed by atoms with Crippen LogP contribution in [0.1, 0.15) is 33.6 Å². The molecule has 1 fully saturated rings. The van der Waals surface area contributed by atoms with E-state index in [1.165, 1.54) is 0 Å². The minimum Gasteiger partial charge on any atom is -0.481 e. The molecule has 0 spiro atoms. The third-order valence-corrected chi connectivity index (χ3v) is 2.53. The van der Waals surface area contributed by atoms with E-state index in [2.05, 4.69) is 25.7 Å². The topological polar surface area (TPSA) is 40.5 Å². The van der Waals surface area contributed by atoms with Gasteiger partial charge in [-0.05, 0) is 24.3 Å². The molecule has 1 aliphatic heterocycles. The van der Waals surface area contributed by atoms with Gasteiger partial charge in [0, 0.05) is 19.5 Å². The molecule has 82 valence electrons. The Labute approximate surface area is 86.1 Å². The lowest BCUT2D eigenvalue weighted by atomic mass is 9.96. The Morgan fingerprint density at radius 3 is 2.64 bits per heavy atom. The molecule has 0 aromatic carbocycles. The van der Waals surface area contributed by atoms with Crippen molar-refractivity contribution in [1.29, 1.82) is 0 Å². The number of carbonyl (C=O) groups is 1. The molecule has 1 saturated heterocycles. The van der Waals surface area contributed by atoms with Crippen molar-refractivity contribution >= 4 is 5.97 Å². The molecule has 0 radical (unpaired) electrons. The van der Waals surface area contributed by atoms with Gasteiger partial charge in [-0.2, -0.15) is 0 Å². The molecule has 1 aliphatic rings. The fourth-order valence-corrected chi connectivity index (χ4v) is 2.14. The lowest BCUT2D eigenvalue weighted by Gasteiger charge is -2.26. The Bertz CT molecular complexity index is 208. The van der Waals surface area contributed by atoms with Crippen LogP contribution in [-0.2, 0) is 4.79 Å². The highest BCUT2D eigenvalue weighted by atomic mass is 16.4. The molecular weight excluding hydrogens is 178 g/mol. The zero-order chi connectivity index (χ0) is 10.8. The smallest absolute Gasteiger partial charge is 0.303 e. The monoisotopic (exact) mass is 199 g/mol. The predicted octanol–water partition coefficient (Wildman–Crippen LogP) is 1.83. The Balaban J connectivity index is 2.31. The summed E-state index contributed by atoms with van der Waals surface area (Å²) in [6.07, 6.45) is 1.38. The van der Waals surface area contributed by atoms with Gasteiger partial charge in [0.05, 0.1) is 0 Å². The Hall–Kier alpha value is -0.570. The number of rotatable bonds is 3. The zero-order valence-corrected chi connectivity index (χ0v) is 9.42. The number of carboxylic acids is 1. The minimum absolute atomic E-state index is 0.318. The second-order valence-electron chi connectivity index (χ2n) is 5.55. The van der Waals surface area contributed by atoms with E-state index in [4.69, 9.17) is 5.11 Å². The SMILES string of the molecule is CC(C)(C)CN1CCC(CC(=O)O)C1. The maximum atomic E-state index is 10.5. The highest BCUT2D eigenvalue weighted by Gasteiger charge is 2.26. The molecule has 1 rings (SSSR count). The van der Waals surface area contributed by atoms with E-state index in [9.17, 15) is 4.79 Å². The van der Waals surface area contributed by atoms with Crippen LogP contribution in [0.15, 0.2) is 0 Å². The van der Waals surface area contributed by atoms with Crippen LogP contribution >= 0.6 is 0 Å². The molecule has 0 amide bonds. The van der Waals surface area contributed by atoms with Gasteiger partial charge in [0.15, 0.2) is 0 Å². The minimum atomic E-state index is -0.660. The summed E-state index contributed by atoms with van der Waals surface area (Å²) in [4.78, 5) is 12.9. The van der Waals surface area contributed by atoms with Gasteiger partial charge in [-0.1, -0.05) is 20.8 Å². The first kappa shape index (κ1) is 11.5. The highest BCUT2D eigenvalue weighted by Crippen LogP contribution is 2.23. The first-order valence-electron chi connectivity index (χ1n) is 5.31. The molecule has 1 N–H and O–H groups in total. The quantitative estimate of drug-likeness (QED) is 0.754. The van der Waals surface area contributed by atoms with Crippen LogP contribution in [0.25, 0.3) is 0 Å². The van der Waals surface area contributed by atoms with Crippen LogP contribution in [0.3, 0.4) is 0 Å². The van der Waals surface area contributed by atoms with Crippen molar-refractivity contribution in [3.8, 4) is 0 Å². The molecule has 0 saturated carbocycles. The van der Waals surface area contributed by atoms with Gasteiger partial charge in [0.2, 0.25) is 0 Å². The van der Waals surface area contributed by atoms with Gasteiger partial charge in [-0.15, -0.1) is 0 Å². The molecule has 0 aromatic heterocycles. The largest absolute Gasteiger partial charge is 0.481 e. The first-order valence-corrected chi connectivity index (χ1v) is 5.31. The zero-order valence-electron chi connectivity index (χ0n) is 9.42. The summed E-state index contributed by atoms with van der Waals surface area (Å²) in [6.45, 7) is 9.76. The standard InChI is InChI=1S/C11H21NO2/c1-11(2,3)8-12-5-4-9(7-12)6-10(13)14/h9H,4-8H2,1-3H3,(H,13,14). The van der Waals surface area contributed by atoms with Crippen molar-refractivity contribution in [2.45, 2.75) is 33.6 Å². The molecular formula is C11H21NO2. The molecule has 1 heterocycles. The van der Waals surface area contributed by atoms with Crippen LogP contribution < -0.4 is 0 Å². The summed E-state index contributed by atoms with van der Waals surface area (Å²) in [6, 6.07) is 0. The highest BCUT2D eigenvalue weighted by molar-refractivity contribution is 5.67. The van der Waals surface area contributed by atoms with E-state index >= 15 is 0 Å². The summed E-state index contributed by atoms with van der Waals surface area (Å²) >= 11 is 0. The fourth-order valence-electron chi connectivity index (χ4n) is 2.14. The van der Waals surface area contributed by atoms with Crippen molar-refractivity contribution in [2.24, 2.45) is 11.3 Å². The Morgan fingerprint density at radius 2 is 2.14 bits per heavy atom. The summed E-state index contributed by atoms with van der Waals surface area (Å²) in [5, 5.41) is 8.67. The van der Waals surface area contributed by atoms with Crippen molar-refractivity contribution in [2.75, 3.05) is 19.6 Å². The molecule has 14 heavy (non-hydrogen) atoms. The number of carboxylic acid groups (broad SMARTS) is 1. The molecule has 0 bridgehead atoms. The summed E-state index contributed by atoms with van der Waals surface area (Å²) in [7, 11) is 0. The Morgan fingerprint density at radius 1 is 1.50 bits per heavy atom. The third kappa shape index (κ3) is 4.09. The van der Waals surface area contributed by atoms with Crippen molar-refractivity contribution in [1.82, 2.24) is 4.90 Å². The van der Waals surface area contributed by atoms with Crippen molar-refractivity contribution in [3.63, 3.8) is 0 Å². The maximum absolute atomic E-state index is 10.5. The van der Waals surface area contributed by atoms with E-state index < -0.39 is 5.97 Å². The van der Waals surface area contributed by atoms with Gasteiger partial charge in [-0.25, -0.2) is 0 Å². The summed E-state index contributed by atoms with van der Waals surface area (Å²) in [5.41, 5.74) is 0.318. The lowest BCUT2D eigenvalue weighted by Crippen LogP contribution is -2.31. The second kappa shape index (κ2) is 4.30. The van der Waals surface area contributed by atoms with Crippen LogP contribution in [0.5, 0.6) is 0 Å². The number of likely N-dealkylation sites (tertiary alicyclic amines) is 1. The van der Waals surface area contributed by atoms with Crippen LogP contribution in [-0.4, -0.2) is 35.6 Å². The molecule has 1 unspecified atom stereocenters. The van der Waals surface area contributed by atoms with E-state index in [0.29, 0.717) is 17.8 Å². The van der Waals surface area contributed by atoms with E-state index in [0.717, 1.165) is 26.1 Å². The first-order chi connectivity index (χ1) is 6.37. The number of hydrogen-bond acceptors (Lipinski definition) is 2. The average Bonchev–Trinajstić information content (AvgIpc) is 2.30. The van der Waals surface area contributed by atoms with Gasteiger partial charge >= 0.3 is 5.97 Å². The molecule has 0 aliphatic carbocycles. The molecule has 1 atom stereocenters. The van der Waals surface area contributed by atoms with Crippen LogP contribution in [0, 0.1) is 11.3 Å². The van der Waals surface area contributed by atoms with E-state index in [1.54, 1.807) is 0 Å². The molecule has 3 nitrogen and oxygen atoms in total. The molecule has 3 heteroatoms. The van der Waals surface area contributed by atoms with Crippen molar-refractivity contribution < 1.29 is 9.90 Å². The third-order valence-electron chi connectivity index (χ3n) is 2.53. The van der Waals surface area contributed by atoms with Gasteiger partial charge < -0.3 is 10.0 Å². The number of hydrogen-bond donors (Lipinski definition) is 1. The number of aliphatic carboxylic acids is 1. The van der Waals surface area contributed by atoms with Crippen LogP contribution in [0.4, 0.5) is 0 Å².